The van der Waals surface area contributed by atoms with Gasteiger partial charge in [-0.2, -0.15) is 0 Å². The second-order valence-corrected chi connectivity index (χ2v) is 7.30. The summed E-state index contributed by atoms with van der Waals surface area (Å²) in [5, 5.41) is 9.62. The summed E-state index contributed by atoms with van der Waals surface area (Å²) in [6.07, 6.45) is 0.503. The quantitative estimate of drug-likeness (QED) is 0.669. The Morgan fingerprint density at radius 1 is 1.19 bits per heavy atom. The second-order valence-electron chi connectivity index (χ2n) is 6.22. The normalized spacial score (nSPS) is 11.2. The van der Waals surface area contributed by atoms with Gasteiger partial charge in [0.05, 0.1) is 12.0 Å². The SMILES string of the molecule is COCc1sc2c(c1C)c(=O)n(CCc1ccccc1)c(=O)n2CC(=O)O. The molecule has 1 N–H and O–H groups in total. The van der Waals surface area contributed by atoms with E-state index in [2.05, 4.69) is 0 Å². The van der Waals surface area contributed by atoms with Crippen LogP contribution in [0, 0.1) is 6.92 Å². The van der Waals surface area contributed by atoms with Crippen LogP contribution in [0.5, 0.6) is 0 Å². The second kappa shape index (κ2) is 7.89. The summed E-state index contributed by atoms with van der Waals surface area (Å²) >= 11 is 1.23. The number of methoxy groups -OCH3 is 1. The number of aliphatic carboxylic acids is 1. The highest BCUT2D eigenvalue weighted by Crippen LogP contribution is 2.28. The Balaban J connectivity index is 2.18. The number of aryl methyl sites for hydroxylation is 2. The van der Waals surface area contributed by atoms with Gasteiger partial charge in [-0.05, 0) is 24.5 Å². The van der Waals surface area contributed by atoms with Gasteiger partial charge in [0.1, 0.15) is 11.4 Å². The van der Waals surface area contributed by atoms with Gasteiger partial charge in [-0.25, -0.2) is 4.79 Å². The summed E-state index contributed by atoms with van der Waals surface area (Å²) in [6.45, 7) is 1.79. The smallest absolute Gasteiger partial charge is 0.332 e. The van der Waals surface area contributed by atoms with Crippen LogP contribution in [0.15, 0.2) is 39.9 Å². The van der Waals surface area contributed by atoms with Gasteiger partial charge >= 0.3 is 11.7 Å². The van der Waals surface area contributed by atoms with Crippen molar-refractivity contribution in [3.63, 3.8) is 0 Å². The molecule has 2 heterocycles. The number of ether oxygens (including phenoxy) is 1. The van der Waals surface area contributed by atoms with Crippen molar-refractivity contribution < 1.29 is 14.6 Å². The fourth-order valence-corrected chi connectivity index (χ4v) is 4.33. The maximum atomic E-state index is 13.0. The highest BCUT2D eigenvalue weighted by atomic mass is 32.1. The Hall–Kier alpha value is -2.71. The van der Waals surface area contributed by atoms with E-state index < -0.39 is 18.2 Å². The van der Waals surface area contributed by atoms with Crippen LogP contribution in [0.2, 0.25) is 0 Å². The van der Waals surface area contributed by atoms with E-state index in [0.29, 0.717) is 23.2 Å². The first-order valence-electron chi connectivity index (χ1n) is 8.44. The van der Waals surface area contributed by atoms with Crippen molar-refractivity contribution in [2.75, 3.05) is 7.11 Å². The molecule has 2 aromatic heterocycles. The van der Waals surface area contributed by atoms with E-state index in [-0.39, 0.29) is 12.1 Å². The van der Waals surface area contributed by atoms with Crippen LogP contribution in [0.1, 0.15) is 16.0 Å². The summed E-state index contributed by atoms with van der Waals surface area (Å²) < 4.78 is 7.46. The van der Waals surface area contributed by atoms with Gasteiger partial charge in [-0.15, -0.1) is 11.3 Å². The minimum absolute atomic E-state index is 0.187. The molecule has 0 atom stereocenters. The molecule has 27 heavy (non-hydrogen) atoms. The number of hydrogen-bond acceptors (Lipinski definition) is 5. The first-order chi connectivity index (χ1) is 12.9. The van der Waals surface area contributed by atoms with Crippen molar-refractivity contribution in [1.82, 2.24) is 9.13 Å². The topological polar surface area (TPSA) is 90.5 Å². The van der Waals surface area contributed by atoms with Gasteiger partial charge in [0.15, 0.2) is 0 Å². The first kappa shape index (κ1) is 19.1. The highest BCUT2D eigenvalue weighted by molar-refractivity contribution is 7.18. The molecule has 8 heteroatoms. The Labute approximate surface area is 159 Å². The number of fused-ring (bicyclic) bond motifs is 1. The van der Waals surface area contributed by atoms with Crippen LogP contribution in [-0.4, -0.2) is 27.3 Å². The molecule has 1 aromatic carbocycles. The van der Waals surface area contributed by atoms with Gasteiger partial charge in [0.25, 0.3) is 5.56 Å². The van der Waals surface area contributed by atoms with Crippen LogP contribution in [0.3, 0.4) is 0 Å². The molecule has 0 aliphatic heterocycles. The Kier molecular flexibility index (Phi) is 5.57. The molecule has 3 aromatic rings. The van der Waals surface area contributed by atoms with Gasteiger partial charge in [0.2, 0.25) is 0 Å². The average molecular weight is 388 g/mol. The standard InChI is InChI=1S/C19H20N2O5S/c1-12-14(11-26-2)27-18-16(12)17(24)20(19(25)21(18)10-15(22)23)9-8-13-6-4-3-5-7-13/h3-7H,8-11H2,1-2H3,(H,22,23). The van der Waals surface area contributed by atoms with Crippen molar-refractivity contribution in [1.29, 1.82) is 0 Å². The monoisotopic (exact) mass is 388 g/mol. The zero-order valence-electron chi connectivity index (χ0n) is 15.1. The van der Waals surface area contributed by atoms with Crippen LogP contribution in [-0.2, 0) is 35.6 Å². The van der Waals surface area contributed by atoms with E-state index in [9.17, 15) is 19.5 Å². The molecular formula is C19H20N2O5S. The lowest BCUT2D eigenvalue weighted by atomic mass is 10.1. The maximum Gasteiger partial charge on any atom is 0.332 e. The number of nitrogens with zero attached hydrogens (tertiary/aromatic N) is 2. The summed E-state index contributed by atoms with van der Waals surface area (Å²) in [6, 6.07) is 9.53. The molecule has 7 nitrogen and oxygen atoms in total. The highest BCUT2D eigenvalue weighted by Gasteiger charge is 2.21. The third-order valence-electron chi connectivity index (χ3n) is 4.43. The minimum Gasteiger partial charge on any atom is -0.480 e. The third kappa shape index (κ3) is 3.72. The molecule has 0 saturated heterocycles. The Morgan fingerprint density at radius 2 is 1.89 bits per heavy atom. The molecule has 3 rings (SSSR count). The molecule has 0 spiro atoms. The molecule has 0 aliphatic rings. The van der Waals surface area contributed by atoms with Crippen LogP contribution >= 0.6 is 11.3 Å². The predicted octanol–water partition coefficient (Wildman–Crippen LogP) is 2.01. The van der Waals surface area contributed by atoms with E-state index in [4.69, 9.17) is 4.74 Å². The summed E-state index contributed by atoms with van der Waals surface area (Å²) in [5.74, 6) is -1.13. The lowest BCUT2D eigenvalue weighted by Crippen LogP contribution is -2.41. The van der Waals surface area contributed by atoms with Gasteiger partial charge in [-0.1, -0.05) is 30.3 Å². The zero-order valence-corrected chi connectivity index (χ0v) is 15.9. The molecule has 0 saturated carbocycles. The lowest BCUT2D eigenvalue weighted by molar-refractivity contribution is -0.137. The Bertz CT molecular complexity index is 1100. The summed E-state index contributed by atoms with van der Waals surface area (Å²) in [7, 11) is 1.55. The summed E-state index contributed by atoms with van der Waals surface area (Å²) in [4.78, 5) is 38.4. The number of carboxylic acid groups (broad SMARTS) is 1. The van der Waals surface area contributed by atoms with Crippen molar-refractivity contribution in [2.24, 2.45) is 0 Å². The predicted molar refractivity (Wildman–Crippen MR) is 104 cm³/mol. The van der Waals surface area contributed by atoms with E-state index in [1.807, 2.05) is 30.3 Å². The molecule has 0 radical (unpaired) electrons. The molecule has 0 aliphatic carbocycles. The van der Waals surface area contributed by atoms with Crippen molar-refractivity contribution >= 4 is 27.5 Å². The average Bonchev–Trinajstić information content (AvgIpc) is 2.96. The lowest BCUT2D eigenvalue weighted by Gasteiger charge is -2.11. The molecule has 0 amide bonds. The van der Waals surface area contributed by atoms with Crippen molar-refractivity contribution in [3.8, 4) is 0 Å². The molecule has 0 fully saturated rings. The zero-order chi connectivity index (χ0) is 19.6. The van der Waals surface area contributed by atoms with Crippen molar-refractivity contribution in [3.05, 3.63) is 67.2 Å². The molecule has 0 unspecified atom stereocenters. The third-order valence-corrected chi connectivity index (χ3v) is 5.72. The van der Waals surface area contributed by atoms with Crippen LogP contribution in [0.25, 0.3) is 10.2 Å². The largest absolute Gasteiger partial charge is 0.480 e. The van der Waals surface area contributed by atoms with Crippen LogP contribution in [0.4, 0.5) is 0 Å². The van der Waals surface area contributed by atoms with E-state index in [1.54, 1.807) is 14.0 Å². The van der Waals surface area contributed by atoms with Crippen molar-refractivity contribution in [2.45, 2.75) is 33.0 Å². The summed E-state index contributed by atoms with van der Waals surface area (Å²) in [5.41, 5.74) is 0.741. The number of aromatic nitrogens is 2. The molecular weight excluding hydrogens is 368 g/mol. The van der Waals surface area contributed by atoms with E-state index in [1.165, 1.54) is 15.9 Å². The number of carboxylic acids is 1. The number of carbonyl (C=O) groups is 1. The fraction of sp³-hybridized carbons (Fsp3) is 0.316. The van der Waals surface area contributed by atoms with E-state index >= 15 is 0 Å². The number of hydrogen-bond donors (Lipinski definition) is 1. The van der Waals surface area contributed by atoms with E-state index in [0.717, 1.165) is 20.6 Å². The van der Waals surface area contributed by atoms with Gasteiger partial charge in [0, 0.05) is 18.5 Å². The fourth-order valence-electron chi connectivity index (χ4n) is 3.07. The number of benzene rings is 1. The van der Waals surface area contributed by atoms with Crippen LogP contribution < -0.4 is 11.2 Å². The number of thiophene rings is 1. The maximum absolute atomic E-state index is 13.0. The minimum atomic E-state index is -1.13. The Morgan fingerprint density at radius 3 is 2.52 bits per heavy atom. The van der Waals surface area contributed by atoms with Gasteiger partial charge < -0.3 is 9.84 Å². The molecule has 142 valence electrons. The number of rotatable bonds is 7. The molecule has 0 bridgehead atoms. The first-order valence-corrected chi connectivity index (χ1v) is 9.26. The van der Waals surface area contributed by atoms with Gasteiger partial charge in [-0.3, -0.25) is 18.7 Å².